The van der Waals surface area contributed by atoms with E-state index in [4.69, 9.17) is 4.74 Å². The Balaban J connectivity index is 1.73. The molecule has 0 aromatic carbocycles. The van der Waals surface area contributed by atoms with Crippen molar-refractivity contribution in [1.29, 1.82) is 0 Å². The van der Waals surface area contributed by atoms with Crippen LogP contribution in [-0.4, -0.2) is 92.3 Å². The highest BCUT2D eigenvalue weighted by molar-refractivity contribution is 5.68. The summed E-state index contributed by atoms with van der Waals surface area (Å²) in [6.07, 6.45) is -0.178. The molecule has 2 fully saturated rings. The molecule has 0 aromatic rings. The average Bonchev–Trinajstić information content (AvgIpc) is 2.62. The highest BCUT2D eigenvalue weighted by Gasteiger charge is 2.27. The zero-order valence-corrected chi connectivity index (χ0v) is 14.6. The van der Waals surface area contributed by atoms with E-state index in [0.29, 0.717) is 5.92 Å². The van der Waals surface area contributed by atoms with Crippen molar-refractivity contribution < 1.29 is 9.53 Å². The van der Waals surface area contributed by atoms with E-state index in [-0.39, 0.29) is 6.09 Å². The fraction of sp³-hybridized carbons (Fsp3) is 0.938. The van der Waals surface area contributed by atoms with Crippen molar-refractivity contribution in [3.05, 3.63) is 0 Å². The van der Waals surface area contributed by atoms with Gasteiger partial charge < -0.3 is 19.9 Å². The number of rotatable bonds is 2. The first-order valence-electron chi connectivity index (χ1n) is 8.43. The molecule has 6 nitrogen and oxygen atoms in total. The predicted octanol–water partition coefficient (Wildman–Crippen LogP) is 0.690. The van der Waals surface area contributed by atoms with Crippen LogP contribution in [0.2, 0.25) is 0 Å². The van der Waals surface area contributed by atoms with Crippen molar-refractivity contribution in [3.63, 3.8) is 0 Å². The van der Waals surface area contributed by atoms with Crippen LogP contribution in [0.1, 0.15) is 20.8 Å². The molecule has 2 aliphatic rings. The Hall–Kier alpha value is -0.850. The maximum atomic E-state index is 12.1. The van der Waals surface area contributed by atoms with Gasteiger partial charge in [0.15, 0.2) is 0 Å². The molecule has 0 aliphatic carbocycles. The topological polar surface area (TPSA) is 48.0 Å². The Kier molecular flexibility index (Phi) is 6.06. The normalized spacial score (nSPS) is 25.8. The molecule has 1 atom stereocenters. The Bertz CT molecular complexity index is 362. The van der Waals surface area contributed by atoms with Crippen LogP contribution < -0.4 is 5.32 Å². The SMILES string of the molecule is CN1CCNCC(CN2CCN(C(=O)OC(C)(C)C)CC2)C1. The van der Waals surface area contributed by atoms with Crippen LogP contribution in [-0.2, 0) is 4.74 Å². The lowest BCUT2D eigenvalue weighted by Gasteiger charge is -2.37. The number of hydrogen-bond donors (Lipinski definition) is 1. The second-order valence-electron chi connectivity index (χ2n) is 7.60. The van der Waals surface area contributed by atoms with Gasteiger partial charge in [-0.15, -0.1) is 0 Å². The summed E-state index contributed by atoms with van der Waals surface area (Å²) in [5.74, 6) is 0.667. The summed E-state index contributed by atoms with van der Waals surface area (Å²) in [5, 5.41) is 3.52. The van der Waals surface area contributed by atoms with E-state index < -0.39 is 5.60 Å². The molecule has 0 saturated carbocycles. The highest BCUT2D eigenvalue weighted by Crippen LogP contribution is 2.13. The van der Waals surface area contributed by atoms with Crippen molar-refractivity contribution in [3.8, 4) is 0 Å². The lowest BCUT2D eigenvalue weighted by molar-refractivity contribution is 0.0131. The maximum Gasteiger partial charge on any atom is 0.410 e. The van der Waals surface area contributed by atoms with Crippen LogP contribution in [0.15, 0.2) is 0 Å². The van der Waals surface area contributed by atoms with Gasteiger partial charge in [0.25, 0.3) is 0 Å². The van der Waals surface area contributed by atoms with Crippen LogP contribution in [0.5, 0.6) is 0 Å². The van der Waals surface area contributed by atoms with E-state index in [2.05, 4.69) is 22.2 Å². The third-order valence-corrected chi connectivity index (χ3v) is 4.21. The molecule has 2 aliphatic heterocycles. The van der Waals surface area contributed by atoms with E-state index in [1.54, 1.807) is 0 Å². The molecule has 6 heteroatoms. The fourth-order valence-corrected chi connectivity index (χ4v) is 3.10. The van der Waals surface area contributed by atoms with E-state index in [9.17, 15) is 4.79 Å². The monoisotopic (exact) mass is 312 g/mol. The minimum absolute atomic E-state index is 0.178. The fourth-order valence-electron chi connectivity index (χ4n) is 3.10. The third kappa shape index (κ3) is 5.74. The molecule has 1 amide bonds. The molecule has 1 N–H and O–H groups in total. The predicted molar refractivity (Wildman–Crippen MR) is 88.1 cm³/mol. The summed E-state index contributed by atoms with van der Waals surface area (Å²) < 4.78 is 5.44. The first-order valence-corrected chi connectivity index (χ1v) is 8.43. The van der Waals surface area contributed by atoms with Crippen LogP contribution in [0, 0.1) is 5.92 Å². The first-order chi connectivity index (χ1) is 10.3. The smallest absolute Gasteiger partial charge is 0.410 e. The van der Waals surface area contributed by atoms with Crippen LogP contribution in [0.4, 0.5) is 4.79 Å². The lowest BCUT2D eigenvalue weighted by Crippen LogP contribution is -2.51. The van der Waals surface area contributed by atoms with Gasteiger partial charge in [-0.25, -0.2) is 4.79 Å². The molecule has 2 heterocycles. The molecule has 2 rings (SSSR count). The molecule has 0 spiro atoms. The quantitative estimate of drug-likeness (QED) is 0.813. The second kappa shape index (κ2) is 7.62. The Morgan fingerprint density at radius 2 is 1.86 bits per heavy atom. The molecule has 0 bridgehead atoms. The number of carbonyl (C=O) groups is 1. The van der Waals surface area contributed by atoms with Crippen LogP contribution >= 0.6 is 0 Å². The van der Waals surface area contributed by atoms with E-state index in [1.165, 1.54) is 0 Å². The molecule has 1 unspecified atom stereocenters. The highest BCUT2D eigenvalue weighted by atomic mass is 16.6. The van der Waals surface area contributed by atoms with Gasteiger partial charge in [-0.1, -0.05) is 0 Å². The molecular weight excluding hydrogens is 280 g/mol. The van der Waals surface area contributed by atoms with Crippen molar-refractivity contribution in [2.45, 2.75) is 26.4 Å². The largest absolute Gasteiger partial charge is 0.444 e. The van der Waals surface area contributed by atoms with Gasteiger partial charge in [0.1, 0.15) is 5.60 Å². The first kappa shape index (κ1) is 17.5. The van der Waals surface area contributed by atoms with Gasteiger partial charge in [-0.2, -0.15) is 0 Å². The van der Waals surface area contributed by atoms with Gasteiger partial charge in [0.2, 0.25) is 0 Å². The summed E-state index contributed by atoms with van der Waals surface area (Å²) in [6.45, 7) is 14.7. The molecule has 22 heavy (non-hydrogen) atoms. The van der Waals surface area contributed by atoms with E-state index in [0.717, 1.165) is 58.9 Å². The number of likely N-dealkylation sites (N-methyl/N-ethyl adjacent to an activating group) is 1. The maximum absolute atomic E-state index is 12.1. The van der Waals surface area contributed by atoms with Crippen molar-refractivity contribution >= 4 is 6.09 Å². The summed E-state index contributed by atoms with van der Waals surface area (Å²) in [5.41, 5.74) is -0.412. The van der Waals surface area contributed by atoms with Crippen LogP contribution in [0.3, 0.4) is 0 Å². The lowest BCUT2D eigenvalue weighted by atomic mass is 10.1. The van der Waals surface area contributed by atoms with E-state index >= 15 is 0 Å². The van der Waals surface area contributed by atoms with Crippen molar-refractivity contribution in [1.82, 2.24) is 20.0 Å². The summed E-state index contributed by atoms with van der Waals surface area (Å²) in [4.78, 5) is 18.8. The zero-order valence-electron chi connectivity index (χ0n) is 14.6. The van der Waals surface area contributed by atoms with Gasteiger partial charge in [0.05, 0.1) is 0 Å². The van der Waals surface area contributed by atoms with Gasteiger partial charge >= 0.3 is 6.09 Å². The average molecular weight is 312 g/mol. The Labute approximate surface area is 134 Å². The van der Waals surface area contributed by atoms with Crippen molar-refractivity contribution in [2.75, 3.05) is 66.0 Å². The molecule has 128 valence electrons. The number of hydrogen-bond acceptors (Lipinski definition) is 5. The summed E-state index contributed by atoms with van der Waals surface area (Å²) in [6, 6.07) is 0. The van der Waals surface area contributed by atoms with Gasteiger partial charge in [-0.05, 0) is 33.7 Å². The van der Waals surface area contributed by atoms with Gasteiger partial charge in [0, 0.05) is 58.9 Å². The standard InChI is InChI=1S/C16H32N4O2/c1-16(2,3)22-15(21)20-9-7-19(8-10-20)13-14-11-17-5-6-18(4)12-14/h14,17H,5-13H2,1-4H3. The number of carbonyl (C=O) groups excluding carboxylic acids is 1. The van der Waals surface area contributed by atoms with E-state index in [1.807, 2.05) is 25.7 Å². The molecular formula is C16H32N4O2. The summed E-state index contributed by atoms with van der Waals surface area (Å²) in [7, 11) is 2.19. The minimum atomic E-state index is -0.412. The number of nitrogens with one attached hydrogen (secondary N) is 1. The Morgan fingerprint density at radius 1 is 1.18 bits per heavy atom. The molecule has 2 saturated heterocycles. The van der Waals surface area contributed by atoms with Crippen LogP contribution in [0.25, 0.3) is 0 Å². The third-order valence-electron chi connectivity index (χ3n) is 4.21. The summed E-state index contributed by atoms with van der Waals surface area (Å²) >= 11 is 0. The minimum Gasteiger partial charge on any atom is -0.444 e. The number of nitrogens with zero attached hydrogens (tertiary/aromatic N) is 3. The second-order valence-corrected chi connectivity index (χ2v) is 7.60. The zero-order chi connectivity index (χ0) is 16.2. The number of ether oxygens (including phenoxy) is 1. The van der Waals surface area contributed by atoms with Crippen molar-refractivity contribution in [2.24, 2.45) is 5.92 Å². The number of piperazine rings is 1. The van der Waals surface area contributed by atoms with Gasteiger partial charge in [-0.3, -0.25) is 4.90 Å². The Morgan fingerprint density at radius 3 is 2.50 bits per heavy atom. The molecule has 0 aromatic heterocycles. The number of amides is 1. The molecule has 0 radical (unpaired) electrons.